The summed E-state index contributed by atoms with van der Waals surface area (Å²) < 4.78 is 40.7. The van der Waals surface area contributed by atoms with Gasteiger partial charge in [-0.2, -0.15) is 0 Å². The number of carbonyl (C=O) groups is 1. The van der Waals surface area contributed by atoms with E-state index in [9.17, 15) is 13.2 Å². The highest BCUT2D eigenvalue weighted by Gasteiger charge is 2.22. The van der Waals surface area contributed by atoms with E-state index in [1.165, 1.54) is 19.4 Å². The smallest absolute Gasteiger partial charge is 0.357 e. The molecule has 0 spiro atoms. The zero-order valence-corrected chi connectivity index (χ0v) is 24.1. The largest absolute Gasteiger partial charge is 0.490 e. The molecule has 1 heterocycles. The summed E-state index contributed by atoms with van der Waals surface area (Å²) in [4.78, 5) is 16.6. The van der Waals surface area contributed by atoms with Gasteiger partial charge in [-0.15, -0.1) is 0 Å². The highest BCUT2D eigenvalue weighted by Crippen LogP contribution is 2.31. The van der Waals surface area contributed by atoms with Gasteiger partial charge >= 0.3 is 5.97 Å². The van der Waals surface area contributed by atoms with Gasteiger partial charge in [0.2, 0.25) is 0 Å². The lowest BCUT2D eigenvalue weighted by Gasteiger charge is -2.18. The number of esters is 1. The predicted molar refractivity (Wildman–Crippen MR) is 162 cm³/mol. The quantitative estimate of drug-likeness (QED) is 0.148. The molecular weight excluding hydrogens is 536 g/mol. The molecule has 7 nitrogen and oxygen atoms in total. The van der Waals surface area contributed by atoms with Crippen LogP contribution in [0.1, 0.15) is 46.6 Å². The minimum Gasteiger partial charge on any atom is -0.490 e. The Labute approximate surface area is 240 Å². The first-order chi connectivity index (χ1) is 19.7. The summed E-state index contributed by atoms with van der Waals surface area (Å²) in [5.41, 5.74) is 2.78. The summed E-state index contributed by atoms with van der Waals surface area (Å²) in [7, 11) is -2.69. The second-order valence-electron chi connectivity index (χ2n) is 9.32. The molecule has 8 heteroatoms. The van der Waals surface area contributed by atoms with E-state index in [0.29, 0.717) is 39.1 Å². The molecule has 1 aromatic heterocycles. The van der Waals surface area contributed by atoms with Gasteiger partial charge in [0.1, 0.15) is 5.75 Å². The van der Waals surface area contributed by atoms with Gasteiger partial charge in [-0.25, -0.2) is 18.2 Å². The molecule has 0 radical (unpaired) electrons. The molecule has 208 valence electrons. The van der Waals surface area contributed by atoms with Crippen molar-refractivity contribution >= 4 is 38.5 Å². The molecule has 3 aromatic carbocycles. The molecule has 0 bridgehead atoms. The maximum Gasteiger partial charge on any atom is 0.357 e. The number of hydrogen-bond acceptors (Lipinski definition) is 6. The molecule has 4 aromatic rings. The number of ether oxygens (including phenoxy) is 2. The molecule has 0 amide bonds. The van der Waals surface area contributed by atoms with E-state index in [1.807, 2.05) is 26.0 Å². The Morgan fingerprint density at radius 1 is 1.00 bits per heavy atom. The van der Waals surface area contributed by atoms with Crippen molar-refractivity contribution in [1.82, 2.24) is 4.98 Å². The Kier molecular flexibility index (Phi) is 8.91. The van der Waals surface area contributed by atoms with Crippen LogP contribution in [0, 0.1) is 18.8 Å². The molecule has 0 atom stereocenters. The van der Waals surface area contributed by atoms with Crippen LogP contribution in [-0.4, -0.2) is 32.6 Å². The molecule has 0 aliphatic carbocycles. The topological polar surface area (TPSA) is 94.6 Å². The normalized spacial score (nSPS) is 11.2. The first-order valence-electron chi connectivity index (χ1n) is 12.9. The van der Waals surface area contributed by atoms with Crippen LogP contribution < -0.4 is 9.46 Å². The van der Waals surface area contributed by atoms with Gasteiger partial charge in [0.05, 0.1) is 29.4 Å². The molecule has 1 N–H and O–H groups in total. The van der Waals surface area contributed by atoms with Gasteiger partial charge in [-0.3, -0.25) is 4.72 Å². The molecule has 0 saturated carbocycles. The van der Waals surface area contributed by atoms with Gasteiger partial charge in [-0.1, -0.05) is 73.0 Å². The van der Waals surface area contributed by atoms with E-state index in [-0.39, 0.29) is 16.7 Å². The molecule has 0 unspecified atom stereocenters. The van der Waals surface area contributed by atoms with E-state index in [1.54, 1.807) is 67.6 Å². The van der Waals surface area contributed by atoms with Crippen molar-refractivity contribution in [2.45, 2.75) is 31.8 Å². The first-order valence-corrected chi connectivity index (χ1v) is 14.3. The van der Waals surface area contributed by atoms with Gasteiger partial charge in [0, 0.05) is 28.1 Å². The number of anilines is 1. The van der Waals surface area contributed by atoms with E-state index in [0.717, 1.165) is 5.39 Å². The summed E-state index contributed by atoms with van der Waals surface area (Å²) in [5.74, 6) is 6.20. The number of benzene rings is 3. The summed E-state index contributed by atoms with van der Waals surface area (Å²) in [6, 6.07) is 17.4. The maximum atomic E-state index is 13.6. The van der Waals surface area contributed by atoms with Crippen molar-refractivity contribution in [2.75, 3.05) is 11.8 Å². The highest BCUT2D eigenvalue weighted by molar-refractivity contribution is 7.92. The Hall–Kier alpha value is -4.87. The lowest BCUT2D eigenvalue weighted by atomic mass is 10.0. The second kappa shape index (κ2) is 12.5. The lowest BCUT2D eigenvalue weighted by molar-refractivity contribution is 0.0596. The number of nitrogens with one attached hydrogen (secondary N) is 1. The van der Waals surface area contributed by atoms with Crippen molar-refractivity contribution in [3.8, 4) is 17.6 Å². The average Bonchev–Trinajstić information content (AvgIpc) is 2.95. The Bertz CT molecular complexity index is 1830. The van der Waals surface area contributed by atoms with E-state index in [4.69, 9.17) is 9.47 Å². The van der Waals surface area contributed by atoms with Crippen molar-refractivity contribution < 1.29 is 22.7 Å². The minimum absolute atomic E-state index is 0.0831. The van der Waals surface area contributed by atoms with Crippen molar-refractivity contribution in [3.63, 3.8) is 0 Å². The number of sulfonamides is 1. The van der Waals surface area contributed by atoms with Gasteiger partial charge in [0.15, 0.2) is 5.69 Å². The van der Waals surface area contributed by atoms with E-state index < -0.39 is 16.0 Å². The number of allylic oxidation sites excluding steroid dienone is 2. The maximum absolute atomic E-state index is 13.6. The first kappa shape index (κ1) is 29.1. The number of fused-ring (bicyclic) bond motifs is 1. The summed E-state index contributed by atoms with van der Waals surface area (Å²) in [6.45, 7) is 9.27. The lowest BCUT2D eigenvalue weighted by Crippen LogP contribution is -2.16. The molecule has 0 aliphatic rings. The fourth-order valence-electron chi connectivity index (χ4n) is 4.27. The summed E-state index contributed by atoms with van der Waals surface area (Å²) in [5, 5.41) is 1.34. The van der Waals surface area contributed by atoms with Crippen LogP contribution >= 0.6 is 0 Å². The molecule has 4 rings (SSSR count). The Morgan fingerprint density at radius 2 is 1.68 bits per heavy atom. The minimum atomic E-state index is -3.99. The summed E-state index contributed by atoms with van der Waals surface area (Å²) in [6.07, 6.45) is 6.56. The monoisotopic (exact) mass is 566 g/mol. The molecule has 0 saturated heterocycles. The van der Waals surface area contributed by atoms with Gasteiger partial charge in [-0.05, 0) is 50.6 Å². The van der Waals surface area contributed by atoms with E-state index in [2.05, 4.69) is 28.1 Å². The predicted octanol–water partition coefficient (Wildman–Crippen LogP) is 6.52. The number of para-hydroxylation sites is 1. The number of carbonyl (C=O) groups excluding carboxylic acids is 1. The average molecular weight is 567 g/mol. The van der Waals surface area contributed by atoms with Crippen molar-refractivity contribution in [1.29, 1.82) is 0 Å². The SMILES string of the molecule is C=C/C=C\c1c(OC(C)C)ccc(S(=O)(=O)Nc2ccccc2C#Cc2cnc(C(=O)OC)c3ccccc23)c1C. The molecule has 0 aliphatic heterocycles. The molecule has 0 fully saturated rings. The number of pyridine rings is 1. The second-order valence-corrected chi connectivity index (χ2v) is 11.0. The number of aromatic nitrogens is 1. The zero-order chi connectivity index (χ0) is 29.6. The Balaban J connectivity index is 1.73. The van der Waals surface area contributed by atoms with E-state index >= 15 is 0 Å². The Morgan fingerprint density at radius 3 is 2.39 bits per heavy atom. The van der Waals surface area contributed by atoms with Gasteiger partial charge in [0.25, 0.3) is 10.0 Å². The third kappa shape index (κ3) is 6.48. The zero-order valence-electron chi connectivity index (χ0n) is 23.3. The van der Waals surface area contributed by atoms with Crippen LogP contribution in [0.3, 0.4) is 0 Å². The van der Waals surface area contributed by atoms with Crippen LogP contribution in [-0.2, 0) is 14.8 Å². The van der Waals surface area contributed by atoms with Gasteiger partial charge < -0.3 is 9.47 Å². The highest BCUT2D eigenvalue weighted by atomic mass is 32.2. The van der Waals surface area contributed by atoms with Crippen LogP contribution in [0.25, 0.3) is 16.8 Å². The van der Waals surface area contributed by atoms with Crippen LogP contribution in [0.5, 0.6) is 5.75 Å². The van der Waals surface area contributed by atoms with Crippen LogP contribution in [0.15, 0.2) is 90.5 Å². The van der Waals surface area contributed by atoms with Crippen LogP contribution in [0.2, 0.25) is 0 Å². The fraction of sp³-hybridized carbons (Fsp3) is 0.152. The van der Waals surface area contributed by atoms with Crippen molar-refractivity contribution in [2.24, 2.45) is 0 Å². The third-order valence-corrected chi connectivity index (χ3v) is 7.66. The van der Waals surface area contributed by atoms with Crippen molar-refractivity contribution in [3.05, 3.63) is 114 Å². The fourth-order valence-corrected chi connectivity index (χ4v) is 5.61. The summed E-state index contributed by atoms with van der Waals surface area (Å²) >= 11 is 0. The number of hydrogen-bond donors (Lipinski definition) is 1. The third-order valence-electron chi connectivity index (χ3n) is 6.15. The number of methoxy groups -OCH3 is 1. The van der Waals surface area contributed by atoms with Crippen LogP contribution in [0.4, 0.5) is 5.69 Å². The number of nitrogens with zero attached hydrogens (tertiary/aromatic N) is 1. The standard InChI is InChI=1S/C33H30N2O5S/c1-6-7-13-26-23(4)31(20-19-30(26)40-22(2)3)41(37,38)35-29-16-11-8-12-24(29)17-18-25-21-34-32(33(36)39-5)28-15-10-9-14-27(25)28/h6-16,19-22,35H,1H2,2-5H3/b13-7-. The molecule has 41 heavy (non-hydrogen) atoms. The number of rotatable bonds is 8. The molecular formula is C33H30N2O5S.